The van der Waals surface area contributed by atoms with E-state index >= 15 is 0 Å². The third kappa shape index (κ3) is 4.21. The van der Waals surface area contributed by atoms with Crippen LogP contribution in [0.4, 0.5) is 0 Å². The second-order valence-corrected chi connectivity index (χ2v) is 5.63. The fourth-order valence-corrected chi connectivity index (χ4v) is 2.75. The molecule has 1 amide bonds. The zero-order valence-electron chi connectivity index (χ0n) is 14.8. The van der Waals surface area contributed by atoms with Crippen LogP contribution in [0.2, 0.25) is 0 Å². The predicted molar refractivity (Wildman–Crippen MR) is 98.0 cm³/mol. The molecule has 1 aromatic rings. The van der Waals surface area contributed by atoms with Crippen molar-refractivity contribution in [3.8, 4) is 17.2 Å². The molecule has 0 unspecified atom stereocenters. The van der Waals surface area contributed by atoms with Crippen LogP contribution in [-0.2, 0) is 9.53 Å². The molecule has 136 valence electrons. The quantitative estimate of drug-likeness (QED) is 0.427. The van der Waals surface area contributed by atoms with E-state index in [0.29, 0.717) is 53.2 Å². The van der Waals surface area contributed by atoms with Crippen molar-refractivity contribution >= 4 is 29.3 Å². The monoisotopic (exact) mass is 366 g/mol. The number of nitrogens with zero attached hydrogens (tertiary/aromatic N) is 1. The van der Waals surface area contributed by atoms with Gasteiger partial charge in [0, 0.05) is 31.9 Å². The molecule has 0 aromatic heterocycles. The minimum absolute atomic E-state index is 0.182. The van der Waals surface area contributed by atoms with Crippen molar-refractivity contribution in [3.05, 3.63) is 23.4 Å². The molecule has 1 aromatic carbocycles. The van der Waals surface area contributed by atoms with E-state index in [1.165, 1.54) is 4.90 Å². The highest BCUT2D eigenvalue weighted by atomic mass is 32.1. The summed E-state index contributed by atoms with van der Waals surface area (Å²) in [6, 6.07) is 3.45. The van der Waals surface area contributed by atoms with Crippen LogP contribution in [-0.4, -0.2) is 57.5 Å². The molecule has 2 rings (SSSR count). The van der Waals surface area contributed by atoms with Crippen molar-refractivity contribution in [2.24, 2.45) is 0 Å². The van der Waals surface area contributed by atoms with Crippen molar-refractivity contribution in [3.63, 3.8) is 0 Å². The topological polar surface area (TPSA) is 69.3 Å². The molecular weight excluding hydrogens is 344 g/mol. The van der Waals surface area contributed by atoms with E-state index < -0.39 is 0 Å². The van der Waals surface area contributed by atoms with E-state index in [0.717, 1.165) is 0 Å². The van der Waals surface area contributed by atoms with Crippen LogP contribution in [0.3, 0.4) is 0 Å². The average molecular weight is 366 g/mol. The molecule has 0 bridgehead atoms. The second-order valence-electron chi connectivity index (χ2n) is 5.24. The van der Waals surface area contributed by atoms with Crippen molar-refractivity contribution in [2.75, 3.05) is 41.6 Å². The third-order valence-corrected chi connectivity index (χ3v) is 4.05. The maximum Gasteiger partial charge on any atom is 0.276 e. The van der Waals surface area contributed by atoms with Crippen LogP contribution >= 0.6 is 12.2 Å². The first-order valence-electron chi connectivity index (χ1n) is 7.69. The molecule has 7 nitrogen and oxygen atoms in total. The molecule has 0 radical (unpaired) electrons. The molecule has 1 N–H and O–H groups in total. The Balaban J connectivity index is 2.30. The molecule has 0 saturated carbocycles. The number of methoxy groups -OCH3 is 4. The fraction of sp³-hybridized carbons (Fsp3) is 0.412. The van der Waals surface area contributed by atoms with Gasteiger partial charge in [-0.1, -0.05) is 0 Å². The van der Waals surface area contributed by atoms with E-state index in [4.69, 9.17) is 31.2 Å². The standard InChI is InChI=1S/C17H22N2O5S/c1-21-7-5-6-19-16(20)12(18-17(19)25)8-11-9-14(23-3)15(24-4)10-13(11)22-2/h8-10H,5-7H2,1-4H3,(H,18,25)/b12-8+. The third-order valence-electron chi connectivity index (χ3n) is 3.73. The molecule has 1 aliphatic rings. The Morgan fingerprint density at radius 2 is 1.72 bits per heavy atom. The number of hydrogen-bond acceptors (Lipinski definition) is 6. The average Bonchev–Trinajstić information content (AvgIpc) is 2.88. The number of thiocarbonyl (C=S) groups is 1. The Labute approximate surface area is 152 Å². The summed E-state index contributed by atoms with van der Waals surface area (Å²) < 4.78 is 21.0. The van der Waals surface area contributed by atoms with Crippen LogP contribution in [0.1, 0.15) is 12.0 Å². The predicted octanol–water partition coefficient (Wildman–Crippen LogP) is 1.81. The van der Waals surface area contributed by atoms with Gasteiger partial charge in [0.2, 0.25) is 0 Å². The van der Waals surface area contributed by atoms with E-state index in [-0.39, 0.29) is 5.91 Å². The smallest absolute Gasteiger partial charge is 0.276 e. The lowest BCUT2D eigenvalue weighted by Crippen LogP contribution is -2.32. The van der Waals surface area contributed by atoms with Gasteiger partial charge in [0.25, 0.3) is 5.91 Å². The van der Waals surface area contributed by atoms with Crippen LogP contribution in [0.25, 0.3) is 6.08 Å². The molecule has 1 fully saturated rings. The summed E-state index contributed by atoms with van der Waals surface area (Å²) in [4.78, 5) is 14.1. The molecule has 1 heterocycles. The Hall–Kier alpha value is -2.32. The normalized spacial score (nSPS) is 15.5. The first kappa shape index (κ1) is 19.0. The van der Waals surface area contributed by atoms with Crippen molar-refractivity contribution in [1.29, 1.82) is 0 Å². The van der Waals surface area contributed by atoms with E-state index in [2.05, 4.69) is 5.32 Å². The SMILES string of the molecule is COCCCN1C(=O)/C(=C\c2cc(OC)c(OC)cc2OC)NC1=S. The zero-order chi connectivity index (χ0) is 18.4. The molecule has 0 aliphatic carbocycles. The maximum absolute atomic E-state index is 12.6. The highest BCUT2D eigenvalue weighted by molar-refractivity contribution is 7.80. The summed E-state index contributed by atoms with van der Waals surface area (Å²) in [5.41, 5.74) is 1.06. The Kier molecular flexibility index (Phi) is 6.60. The molecule has 0 spiro atoms. The van der Waals surface area contributed by atoms with Gasteiger partial charge in [-0.15, -0.1) is 0 Å². The number of amides is 1. The summed E-state index contributed by atoms with van der Waals surface area (Å²) in [6.07, 6.45) is 2.39. The highest BCUT2D eigenvalue weighted by Crippen LogP contribution is 2.35. The summed E-state index contributed by atoms with van der Waals surface area (Å²) in [5.74, 6) is 1.46. The first-order valence-corrected chi connectivity index (χ1v) is 8.10. The highest BCUT2D eigenvalue weighted by Gasteiger charge is 2.30. The molecule has 1 aliphatic heterocycles. The first-order chi connectivity index (χ1) is 12.0. The molecule has 8 heteroatoms. The lowest BCUT2D eigenvalue weighted by molar-refractivity contribution is -0.122. The minimum atomic E-state index is -0.182. The van der Waals surface area contributed by atoms with E-state index in [9.17, 15) is 4.79 Å². The van der Waals surface area contributed by atoms with Gasteiger partial charge in [-0.3, -0.25) is 9.69 Å². The molecule has 0 atom stereocenters. The van der Waals surface area contributed by atoms with Gasteiger partial charge in [0.1, 0.15) is 11.4 Å². The Bertz CT molecular complexity index is 690. The summed E-state index contributed by atoms with van der Waals surface area (Å²) >= 11 is 5.25. The van der Waals surface area contributed by atoms with Crippen molar-refractivity contribution < 1.29 is 23.7 Å². The number of ether oxygens (including phenoxy) is 4. The van der Waals surface area contributed by atoms with Crippen LogP contribution < -0.4 is 19.5 Å². The van der Waals surface area contributed by atoms with Crippen LogP contribution in [0, 0.1) is 0 Å². The van der Waals surface area contributed by atoms with E-state index in [1.807, 2.05) is 0 Å². The van der Waals surface area contributed by atoms with Crippen LogP contribution in [0.15, 0.2) is 17.8 Å². The van der Waals surface area contributed by atoms with Gasteiger partial charge in [-0.05, 0) is 30.8 Å². The van der Waals surface area contributed by atoms with Crippen LogP contribution in [0.5, 0.6) is 17.2 Å². The number of benzene rings is 1. The summed E-state index contributed by atoms with van der Waals surface area (Å²) in [5, 5.41) is 3.33. The second kappa shape index (κ2) is 8.68. The van der Waals surface area contributed by atoms with Gasteiger partial charge in [0.15, 0.2) is 16.6 Å². The van der Waals surface area contributed by atoms with Gasteiger partial charge in [0.05, 0.1) is 21.3 Å². The van der Waals surface area contributed by atoms with Gasteiger partial charge >= 0.3 is 0 Å². The minimum Gasteiger partial charge on any atom is -0.496 e. The molecule has 1 saturated heterocycles. The number of carbonyl (C=O) groups is 1. The summed E-state index contributed by atoms with van der Waals surface area (Å²) in [7, 11) is 6.27. The lowest BCUT2D eigenvalue weighted by atomic mass is 10.1. The number of carbonyl (C=O) groups excluding carboxylic acids is 1. The molecule has 25 heavy (non-hydrogen) atoms. The fourth-order valence-electron chi connectivity index (χ4n) is 2.46. The van der Waals surface area contributed by atoms with Crippen molar-refractivity contribution in [2.45, 2.75) is 6.42 Å². The largest absolute Gasteiger partial charge is 0.496 e. The van der Waals surface area contributed by atoms with Crippen molar-refractivity contribution in [1.82, 2.24) is 10.2 Å². The number of rotatable bonds is 8. The number of nitrogens with one attached hydrogen (secondary N) is 1. The molecular formula is C17H22N2O5S. The number of hydrogen-bond donors (Lipinski definition) is 1. The Morgan fingerprint density at radius 3 is 2.32 bits per heavy atom. The van der Waals surface area contributed by atoms with Gasteiger partial charge < -0.3 is 24.3 Å². The van der Waals surface area contributed by atoms with Gasteiger partial charge in [-0.25, -0.2) is 0 Å². The Morgan fingerprint density at radius 1 is 1.08 bits per heavy atom. The zero-order valence-corrected chi connectivity index (χ0v) is 15.6. The van der Waals surface area contributed by atoms with Gasteiger partial charge in [-0.2, -0.15) is 0 Å². The van der Waals surface area contributed by atoms with E-state index in [1.54, 1.807) is 46.6 Å². The lowest BCUT2D eigenvalue weighted by Gasteiger charge is -2.13. The maximum atomic E-state index is 12.6. The summed E-state index contributed by atoms with van der Waals surface area (Å²) in [6.45, 7) is 1.06.